The first-order valence-corrected chi connectivity index (χ1v) is 15.0. The molecule has 1 amide bonds. The van der Waals surface area contributed by atoms with E-state index in [1.807, 2.05) is 51.1 Å². The molecule has 8 heteroatoms. The summed E-state index contributed by atoms with van der Waals surface area (Å²) in [5.74, 6) is 6.17. The fourth-order valence-electron chi connectivity index (χ4n) is 6.24. The van der Waals surface area contributed by atoms with Gasteiger partial charge >= 0.3 is 5.97 Å². The lowest BCUT2D eigenvalue weighted by Gasteiger charge is -2.63. The summed E-state index contributed by atoms with van der Waals surface area (Å²) in [5.41, 5.74) is 7.37. The van der Waals surface area contributed by atoms with E-state index in [1.54, 1.807) is 6.07 Å². The predicted molar refractivity (Wildman–Crippen MR) is 166 cm³/mol. The summed E-state index contributed by atoms with van der Waals surface area (Å²) < 4.78 is 17.8. The van der Waals surface area contributed by atoms with Crippen molar-refractivity contribution in [2.45, 2.75) is 85.4 Å². The Kier molecular flexibility index (Phi) is 10.5. The predicted octanol–water partition coefficient (Wildman–Crippen LogP) is 6.90. The molecule has 0 spiro atoms. The van der Waals surface area contributed by atoms with Gasteiger partial charge in [0.25, 0.3) is 0 Å². The normalized spacial score (nSPS) is 18.5. The lowest BCUT2D eigenvalue weighted by atomic mass is 9.44. The van der Waals surface area contributed by atoms with Gasteiger partial charge in [-0.15, -0.1) is 0 Å². The van der Waals surface area contributed by atoms with Crippen LogP contribution in [-0.4, -0.2) is 36.8 Å². The average molecular weight is 638 g/mol. The molecule has 0 heterocycles. The van der Waals surface area contributed by atoms with Crippen molar-refractivity contribution in [3.63, 3.8) is 0 Å². The first-order valence-electron chi connectivity index (χ1n) is 14.2. The molecule has 1 aliphatic rings. The summed E-state index contributed by atoms with van der Waals surface area (Å²) in [4.78, 5) is 24.1. The van der Waals surface area contributed by atoms with Gasteiger partial charge in [0.1, 0.15) is 30.1 Å². The molecule has 0 saturated heterocycles. The van der Waals surface area contributed by atoms with Crippen molar-refractivity contribution < 1.29 is 23.8 Å². The Morgan fingerprint density at radius 2 is 1.69 bits per heavy atom. The van der Waals surface area contributed by atoms with Crippen LogP contribution in [0.25, 0.3) is 0 Å². The number of esters is 1. The molecule has 224 valence electrons. The monoisotopic (exact) mass is 636 g/mol. The molecule has 0 aromatic heterocycles. The molecule has 2 N–H and O–H groups in total. The first kappa shape index (κ1) is 33.2. The van der Waals surface area contributed by atoms with Gasteiger partial charge in [0.2, 0.25) is 5.91 Å². The number of hydrogen-bond acceptors (Lipinski definition) is 6. The Balaban J connectivity index is 1.63. The number of carbonyl (C=O) groups excluding carboxylic acids is 2. The van der Waals surface area contributed by atoms with Crippen LogP contribution >= 0.6 is 15.9 Å². The van der Waals surface area contributed by atoms with Gasteiger partial charge in [0.15, 0.2) is 0 Å². The van der Waals surface area contributed by atoms with Gasteiger partial charge in [0, 0.05) is 39.8 Å². The fourth-order valence-corrected chi connectivity index (χ4v) is 6.69. The van der Waals surface area contributed by atoms with Gasteiger partial charge in [0.05, 0.1) is 11.1 Å². The molecule has 1 aliphatic carbocycles. The highest BCUT2D eigenvalue weighted by Gasteiger charge is 2.63. The molecule has 2 aromatic rings. The molecule has 0 unspecified atom stereocenters. The van der Waals surface area contributed by atoms with Gasteiger partial charge in [-0.1, -0.05) is 45.6 Å². The van der Waals surface area contributed by atoms with Crippen molar-refractivity contribution in [1.82, 2.24) is 0 Å². The zero-order chi connectivity index (χ0) is 31.3. The maximum absolute atomic E-state index is 12.4. The van der Waals surface area contributed by atoms with Crippen LogP contribution in [0, 0.1) is 34.0 Å². The zero-order valence-electron chi connectivity index (χ0n) is 25.6. The topological polar surface area (TPSA) is 112 Å². The second-order valence-electron chi connectivity index (χ2n) is 12.9. The number of benzene rings is 2. The molecular formula is C34H41BrN2O5. The van der Waals surface area contributed by atoms with E-state index >= 15 is 0 Å². The molecule has 0 radical (unpaired) electrons. The van der Waals surface area contributed by atoms with Crippen molar-refractivity contribution in [3.05, 3.63) is 63.1 Å². The number of hydrogen-bond donors (Lipinski definition) is 1. The van der Waals surface area contributed by atoms with Crippen LogP contribution in [0.15, 0.2) is 40.9 Å². The van der Waals surface area contributed by atoms with E-state index in [2.05, 4.69) is 61.5 Å². The van der Waals surface area contributed by atoms with Crippen LogP contribution in [0.1, 0.15) is 101 Å². The maximum atomic E-state index is 12.4. The third kappa shape index (κ3) is 7.94. The lowest BCUT2D eigenvalue weighted by Crippen LogP contribution is -2.64. The van der Waals surface area contributed by atoms with Crippen LogP contribution in [0.3, 0.4) is 0 Å². The van der Waals surface area contributed by atoms with Gasteiger partial charge < -0.3 is 19.9 Å². The Morgan fingerprint density at radius 1 is 1.02 bits per heavy atom. The molecule has 3 rings (SSSR count). The number of amides is 1. The number of carbonyl (C=O) groups is 2. The molecule has 0 bridgehead atoms. The van der Waals surface area contributed by atoms with E-state index in [-0.39, 0.29) is 35.4 Å². The van der Waals surface area contributed by atoms with Gasteiger partial charge in [-0.25, -0.2) is 4.79 Å². The fraction of sp³-hybridized carbons (Fsp3) is 0.500. The molecule has 1 saturated carbocycles. The number of nitriles is 1. The summed E-state index contributed by atoms with van der Waals surface area (Å²) in [6, 6.07) is 13.3. The quantitative estimate of drug-likeness (QED) is 0.172. The van der Waals surface area contributed by atoms with Crippen molar-refractivity contribution in [1.29, 1.82) is 5.26 Å². The number of halogens is 1. The van der Waals surface area contributed by atoms with Crippen molar-refractivity contribution in [3.8, 4) is 23.7 Å². The minimum absolute atomic E-state index is 0.0635. The number of nitrogens with two attached hydrogens (primary N) is 1. The minimum Gasteiger partial charge on any atom is -0.489 e. The van der Waals surface area contributed by atoms with Gasteiger partial charge in [-0.2, -0.15) is 5.26 Å². The highest BCUT2D eigenvalue weighted by molar-refractivity contribution is 9.10. The van der Waals surface area contributed by atoms with E-state index in [9.17, 15) is 14.9 Å². The summed E-state index contributed by atoms with van der Waals surface area (Å²) in [7, 11) is 0. The summed E-state index contributed by atoms with van der Waals surface area (Å²) in [5, 5.41) is 9.22. The second-order valence-corrected chi connectivity index (χ2v) is 13.7. The standard InChI is InChI=1S/C34H41BrN2O5/c1-32(2,3)42-28(38)21-40-17-11-9-8-10-12-22-13-14-23(18-26(22)30(37)39)29-33(4,5)31(34(29,6)7)41-25-16-15-24(20-36)27(35)19-25/h13-16,18-19,29,31H,8-9,11,17,21H2,1-7H3,(H2,37,39). The average Bonchev–Trinajstić information content (AvgIpc) is 2.88. The van der Waals surface area contributed by atoms with Crippen molar-refractivity contribution in [2.75, 3.05) is 13.2 Å². The second kappa shape index (κ2) is 13.3. The number of ether oxygens (including phenoxy) is 3. The summed E-state index contributed by atoms with van der Waals surface area (Å²) in [6.07, 6.45) is 2.09. The van der Waals surface area contributed by atoms with Gasteiger partial charge in [-0.3, -0.25) is 4.79 Å². The molecule has 7 nitrogen and oxygen atoms in total. The third-order valence-corrected chi connectivity index (χ3v) is 8.16. The van der Waals surface area contributed by atoms with Crippen molar-refractivity contribution >= 4 is 27.8 Å². The van der Waals surface area contributed by atoms with E-state index in [0.717, 1.165) is 18.4 Å². The Bertz CT molecular complexity index is 1410. The van der Waals surface area contributed by atoms with Gasteiger partial charge in [-0.05, 0) is 85.4 Å². The van der Waals surface area contributed by atoms with Crippen molar-refractivity contribution in [2.24, 2.45) is 16.6 Å². The Morgan fingerprint density at radius 3 is 2.29 bits per heavy atom. The molecule has 1 fully saturated rings. The number of nitrogens with zero attached hydrogens (tertiary/aromatic N) is 1. The van der Waals surface area contributed by atoms with Crippen LogP contribution in [0.2, 0.25) is 0 Å². The van der Waals surface area contributed by atoms with Crippen LogP contribution in [-0.2, 0) is 14.3 Å². The highest BCUT2D eigenvalue weighted by atomic mass is 79.9. The molecule has 42 heavy (non-hydrogen) atoms. The summed E-state index contributed by atoms with van der Waals surface area (Å²) in [6.45, 7) is 14.5. The highest BCUT2D eigenvalue weighted by Crippen LogP contribution is 2.65. The smallest absolute Gasteiger partial charge is 0.332 e. The largest absolute Gasteiger partial charge is 0.489 e. The van der Waals surface area contributed by atoms with E-state index in [4.69, 9.17) is 19.9 Å². The SMILES string of the molecule is CC(C)(C)OC(=O)COCCCCC#Cc1ccc(C2C(C)(C)C(Oc3ccc(C#N)c(Br)c3)C2(C)C)cc1C(N)=O. The molecule has 2 aromatic carbocycles. The molecule has 0 atom stereocenters. The Hall–Kier alpha value is -3.33. The lowest BCUT2D eigenvalue weighted by molar-refractivity contribution is -0.160. The van der Waals surface area contributed by atoms with Crippen LogP contribution in [0.5, 0.6) is 5.75 Å². The number of primary amides is 1. The van der Waals surface area contributed by atoms with E-state index < -0.39 is 11.5 Å². The number of unbranched alkanes of at least 4 members (excludes halogenated alkanes) is 2. The van der Waals surface area contributed by atoms with E-state index in [0.29, 0.717) is 39.9 Å². The first-order chi connectivity index (χ1) is 19.6. The Labute approximate surface area is 258 Å². The summed E-state index contributed by atoms with van der Waals surface area (Å²) >= 11 is 3.44. The van der Waals surface area contributed by atoms with Crippen LogP contribution < -0.4 is 10.5 Å². The maximum Gasteiger partial charge on any atom is 0.332 e. The van der Waals surface area contributed by atoms with E-state index in [1.165, 1.54) is 0 Å². The zero-order valence-corrected chi connectivity index (χ0v) is 27.2. The minimum atomic E-state index is -0.524. The van der Waals surface area contributed by atoms with Crippen LogP contribution in [0.4, 0.5) is 0 Å². The molecule has 0 aliphatic heterocycles. The third-order valence-electron chi connectivity index (χ3n) is 7.50. The number of rotatable bonds is 10. The molecular weight excluding hydrogens is 596 g/mol.